The van der Waals surface area contributed by atoms with Crippen molar-refractivity contribution in [3.8, 4) is 0 Å². The van der Waals surface area contributed by atoms with Gasteiger partial charge in [-0.1, -0.05) is 15.9 Å². The Morgan fingerprint density at radius 1 is 1.41 bits per heavy atom. The van der Waals surface area contributed by atoms with E-state index >= 15 is 0 Å². The van der Waals surface area contributed by atoms with E-state index in [4.69, 9.17) is 0 Å². The van der Waals surface area contributed by atoms with Crippen LogP contribution in [0.5, 0.6) is 0 Å². The molecule has 1 atom stereocenters. The Hall–Kier alpha value is -0.710. The van der Waals surface area contributed by atoms with Crippen LogP contribution in [0.2, 0.25) is 0 Å². The van der Waals surface area contributed by atoms with Crippen molar-refractivity contribution >= 4 is 27.3 Å². The first-order chi connectivity index (χ1) is 8.19. The molecule has 17 heavy (non-hydrogen) atoms. The van der Waals surface area contributed by atoms with Crippen LogP contribution in [0.1, 0.15) is 17.2 Å². The molecule has 0 aliphatic heterocycles. The second kappa shape index (κ2) is 5.76. The molecule has 1 unspecified atom stereocenters. The molecule has 90 valence electrons. The lowest BCUT2D eigenvalue weighted by molar-refractivity contribution is 0.585. The summed E-state index contributed by atoms with van der Waals surface area (Å²) in [7, 11) is 1.93. The van der Waals surface area contributed by atoms with Crippen LogP contribution >= 0.6 is 27.3 Å². The van der Waals surface area contributed by atoms with Crippen molar-refractivity contribution in [3.05, 3.63) is 56.4 Å². The van der Waals surface area contributed by atoms with Gasteiger partial charge < -0.3 is 5.32 Å². The topological polar surface area (TPSA) is 12.0 Å². The maximum atomic E-state index is 13.3. The molecule has 1 aromatic heterocycles. The standard InChI is InChI=1S/C13H13BrFNS/c1-16-13(10-2-3-17-8-10)6-9-4-11(14)7-12(15)5-9/h2-5,7-8,13,16H,6H2,1H3. The van der Waals surface area contributed by atoms with Gasteiger partial charge >= 0.3 is 0 Å². The second-order valence-corrected chi connectivity index (χ2v) is 5.58. The molecule has 0 aliphatic carbocycles. The van der Waals surface area contributed by atoms with Crippen LogP contribution in [0.3, 0.4) is 0 Å². The third kappa shape index (κ3) is 3.37. The number of benzene rings is 1. The Bertz CT molecular complexity index is 464. The summed E-state index contributed by atoms with van der Waals surface area (Å²) in [6, 6.07) is 7.35. The minimum atomic E-state index is -0.199. The lowest BCUT2D eigenvalue weighted by atomic mass is 10.0. The summed E-state index contributed by atoms with van der Waals surface area (Å²) in [6.45, 7) is 0. The molecular weight excluding hydrogens is 301 g/mol. The highest BCUT2D eigenvalue weighted by atomic mass is 79.9. The highest BCUT2D eigenvalue weighted by Crippen LogP contribution is 2.23. The Labute approximate surface area is 113 Å². The molecule has 1 N–H and O–H groups in total. The Kier molecular flexibility index (Phi) is 4.31. The van der Waals surface area contributed by atoms with Crippen molar-refractivity contribution < 1.29 is 4.39 Å². The summed E-state index contributed by atoms with van der Waals surface area (Å²) in [5.74, 6) is -0.199. The number of nitrogens with one attached hydrogen (secondary N) is 1. The third-order valence-electron chi connectivity index (χ3n) is 2.66. The number of likely N-dealkylation sites (N-methyl/N-ethyl adjacent to an activating group) is 1. The van der Waals surface area contributed by atoms with Gasteiger partial charge in [-0.2, -0.15) is 11.3 Å². The molecule has 0 amide bonds. The molecule has 0 radical (unpaired) electrons. The first-order valence-corrected chi connectivity index (χ1v) is 7.07. The van der Waals surface area contributed by atoms with Crippen LogP contribution in [0.4, 0.5) is 4.39 Å². The monoisotopic (exact) mass is 313 g/mol. The molecule has 2 aromatic rings. The van der Waals surface area contributed by atoms with Gasteiger partial charge in [-0.05, 0) is 59.6 Å². The maximum Gasteiger partial charge on any atom is 0.124 e. The fraction of sp³-hybridized carbons (Fsp3) is 0.231. The van der Waals surface area contributed by atoms with Crippen LogP contribution in [-0.2, 0) is 6.42 Å². The van der Waals surface area contributed by atoms with E-state index in [1.807, 2.05) is 13.1 Å². The van der Waals surface area contributed by atoms with Gasteiger partial charge in [-0.3, -0.25) is 0 Å². The van der Waals surface area contributed by atoms with E-state index in [0.29, 0.717) is 0 Å². The van der Waals surface area contributed by atoms with Crippen LogP contribution in [0.25, 0.3) is 0 Å². The molecule has 0 saturated carbocycles. The van der Waals surface area contributed by atoms with E-state index in [1.165, 1.54) is 11.6 Å². The van der Waals surface area contributed by atoms with E-state index in [1.54, 1.807) is 17.4 Å². The van der Waals surface area contributed by atoms with Gasteiger partial charge in [0.25, 0.3) is 0 Å². The number of hydrogen-bond donors (Lipinski definition) is 1. The smallest absolute Gasteiger partial charge is 0.124 e. The molecular formula is C13H13BrFNS. The predicted octanol–water partition coefficient (Wildman–Crippen LogP) is 4.15. The van der Waals surface area contributed by atoms with Crippen molar-refractivity contribution in [3.63, 3.8) is 0 Å². The Morgan fingerprint density at radius 3 is 2.82 bits per heavy atom. The largest absolute Gasteiger partial charge is 0.313 e. The summed E-state index contributed by atoms with van der Waals surface area (Å²) in [5, 5.41) is 7.44. The number of halogens is 2. The van der Waals surface area contributed by atoms with Crippen LogP contribution < -0.4 is 5.32 Å². The molecule has 0 saturated heterocycles. The zero-order valence-corrected chi connectivity index (χ0v) is 11.8. The maximum absolute atomic E-state index is 13.3. The summed E-state index contributed by atoms with van der Waals surface area (Å²) in [5.41, 5.74) is 2.24. The van der Waals surface area contributed by atoms with Crippen LogP contribution in [-0.4, -0.2) is 7.05 Å². The minimum absolute atomic E-state index is 0.199. The van der Waals surface area contributed by atoms with Gasteiger partial charge in [0.2, 0.25) is 0 Å². The van der Waals surface area contributed by atoms with Crippen molar-refractivity contribution in [2.75, 3.05) is 7.05 Å². The van der Waals surface area contributed by atoms with E-state index in [-0.39, 0.29) is 11.9 Å². The predicted molar refractivity (Wildman–Crippen MR) is 73.9 cm³/mol. The van der Waals surface area contributed by atoms with Gasteiger partial charge in [0.05, 0.1) is 0 Å². The fourth-order valence-corrected chi connectivity index (χ4v) is 3.05. The molecule has 4 heteroatoms. The highest BCUT2D eigenvalue weighted by Gasteiger charge is 2.11. The van der Waals surface area contributed by atoms with Gasteiger partial charge in [0.15, 0.2) is 0 Å². The molecule has 0 fully saturated rings. The molecule has 1 aromatic carbocycles. The average molecular weight is 314 g/mol. The first kappa shape index (κ1) is 12.7. The molecule has 1 heterocycles. The van der Waals surface area contributed by atoms with Crippen LogP contribution in [0.15, 0.2) is 39.5 Å². The second-order valence-electron chi connectivity index (χ2n) is 3.88. The molecule has 0 spiro atoms. The number of hydrogen-bond acceptors (Lipinski definition) is 2. The summed E-state index contributed by atoms with van der Waals surface area (Å²) >= 11 is 4.99. The van der Waals surface area contributed by atoms with E-state index in [2.05, 4.69) is 38.1 Å². The molecule has 0 aliphatic rings. The summed E-state index contributed by atoms with van der Waals surface area (Å²) in [4.78, 5) is 0. The van der Waals surface area contributed by atoms with E-state index < -0.39 is 0 Å². The first-order valence-electron chi connectivity index (χ1n) is 5.33. The van der Waals surface area contributed by atoms with E-state index in [9.17, 15) is 4.39 Å². The zero-order valence-electron chi connectivity index (χ0n) is 9.41. The summed E-state index contributed by atoms with van der Waals surface area (Å²) in [6.07, 6.45) is 0.781. The van der Waals surface area contributed by atoms with Crippen molar-refractivity contribution in [2.24, 2.45) is 0 Å². The third-order valence-corrected chi connectivity index (χ3v) is 3.82. The van der Waals surface area contributed by atoms with Gasteiger partial charge in [0, 0.05) is 10.5 Å². The summed E-state index contributed by atoms with van der Waals surface area (Å²) < 4.78 is 14.1. The minimum Gasteiger partial charge on any atom is -0.313 e. The Morgan fingerprint density at radius 2 is 2.24 bits per heavy atom. The molecule has 2 rings (SSSR count). The van der Waals surface area contributed by atoms with Crippen molar-refractivity contribution in [1.82, 2.24) is 5.32 Å². The molecule has 1 nitrogen and oxygen atoms in total. The van der Waals surface area contributed by atoms with Crippen molar-refractivity contribution in [1.29, 1.82) is 0 Å². The van der Waals surface area contributed by atoms with Crippen LogP contribution in [0, 0.1) is 5.82 Å². The zero-order chi connectivity index (χ0) is 12.3. The normalized spacial score (nSPS) is 12.6. The van der Waals surface area contributed by atoms with Gasteiger partial charge in [0.1, 0.15) is 5.82 Å². The molecule has 0 bridgehead atoms. The number of rotatable bonds is 4. The Balaban J connectivity index is 2.18. The van der Waals surface area contributed by atoms with Crippen molar-refractivity contribution in [2.45, 2.75) is 12.5 Å². The van der Waals surface area contributed by atoms with E-state index in [0.717, 1.165) is 16.5 Å². The average Bonchev–Trinajstić information content (AvgIpc) is 2.77. The highest BCUT2D eigenvalue weighted by molar-refractivity contribution is 9.10. The number of thiophene rings is 1. The van der Waals surface area contributed by atoms with Gasteiger partial charge in [-0.25, -0.2) is 4.39 Å². The fourth-order valence-electron chi connectivity index (χ4n) is 1.82. The lowest BCUT2D eigenvalue weighted by Crippen LogP contribution is -2.18. The quantitative estimate of drug-likeness (QED) is 0.894. The SMILES string of the molecule is CNC(Cc1cc(F)cc(Br)c1)c1ccsc1. The van der Waals surface area contributed by atoms with Gasteiger partial charge in [-0.15, -0.1) is 0 Å². The lowest BCUT2D eigenvalue weighted by Gasteiger charge is -2.15.